The summed E-state index contributed by atoms with van der Waals surface area (Å²) in [6, 6.07) is 11.2. The van der Waals surface area contributed by atoms with Crippen LogP contribution in [0.15, 0.2) is 36.4 Å². The second-order valence-corrected chi connectivity index (χ2v) is 5.97. The van der Waals surface area contributed by atoms with E-state index in [0.29, 0.717) is 16.5 Å². The van der Waals surface area contributed by atoms with Gasteiger partial charge in [-0.25, -0.2) is 0 Å². The van der Waals surface area contributed by atoms with Crippen LogP contribution >= 0.6 is 23.2 Å². The zero-order valence-electron chi connectivity index (χ0n) is 10.9. The lowest BCUT2D eigenvalue weighted by Gasteiger charge is -2.30. The number of benzene rings is 2. The number of halogens is 2. The maximum absolute atomic E-state index is 10.3. The Morgan fingerprint density at radius 2 is 1.80 bits per heavy atom. The lowest BCUT2D eigenvalue weighted by Crippen LogP contribution is -2.19. The van der Waals surface area contributed by atoms with E-state index in [4.69, 9.17) is 27.9 Å². The second kappa shape index (κ2) is 5.28. The van der Waals surface area contributed by atoms with Crippen LogP contribution in [0.4, 0.5) is 0 Å². The van der Waals surface area contributed by atoms with Gasteiger partial charge in [0.2, 0.25) is 0 Å². The van der Waals surface area contributed by atoms with Crippen molar-refractivity contribution in [1.29, 1.82) is 0 Å². The maximum atomic E-state index is 10.3. The third-order valence-corrected chi connectivity index (χ3v) is 3.92. The summed E-state index contributed by atoms with van der Waals surface area (Å²) in [6.45, 7) is 2.00. The van der Waals surface area contributed by atoms with E-state index in [1.54, 1.807) is 6.07 Å². The highest BCUT2D eigenvalue weighted by molar-refractivity contribution is 6.34. The fourth-order valence-corrected chi connectivity index (χ4v) is 3.07. The Hall–Kier alpha value is -1.22. The molecule has 1 aliphatic heterocycles. The van der Waals surface area contributed by atoms with Crippen molar-refractivity contribution in [3.8, 4) is 5.75 Å². The SMILES string of the molecule is Cc1ccc2c(c1)[C@@H](O)CC(c1cc(Cl)cc(Cl)c1)O2. The van der Waals surface area contributed by atoms with Crippen LogP contribution in [-0.4, -0.2) is 5.11 Å². The van der Waals surface area contributed by atoms with Crippen molar-refractivity contribution in [2.24, 2.45) is 0 Å². The Bertz CT molecular complexity index is 635. The molecule has 1 N–H and O–H groups in total. The Morgan fingerprint density at radius 3 is 2.50 bits per heavy atom. The molecule has 0 radical (unpaired) electrons. The standard InChI is InChI=1S/C16H14Cl2O2/c1-9-2-3-15-13(4-9)14(19)8-16(20-15)10-5-11(17)7-12(18)6-10/h2-7,14,16,19H,8H2,1H3/t14-,16?/m0/s1. The van der Waals surface area contributed by atoms with Gasteiger partial charge in [-0.3, -0.25) is 0 Å². The largest absolute Gasteiger partial charge is 0.485 e. The first kappa shape index (κ1) is 13.7. The number of aryl methyl sites for hydroxylation is 1. The predicted octanol–water partition coefficient (Wildman–Crippen LogP) is 4.86. The maximum Gasteiger partial charge on any atom is 0.127 e. The van der Waals surface area contributed by atoms with E-state index in [1.807, 2.05) is 37.3 Å². The monoisotopic (exact) mass is 308 g/mol. The van der Waals surface area contributed by atoms with Crippen molar-refractivity contribution in [1.82, 2.24) is 0 Å². The second-order valence-electron chi connectivity index (χ2n) is 5.10. The molecule has 104 valence electrons. The Kier molecular flexibility index (Phi) is 3.63. The molecule has 2 aromatic carbocycles. The van der Waals surface area contributed by atoms with Crippen molar-refractivity contribution in [2.45, 2.75) is 25.6 Å². The summed E-state index contributed by atoms with van der Waals surface area (Å²) in [5.41, 5.74) is 2.83. The molecule has 0 saturated heterocycles. The number of hydrogen-bond acceptors (Lipinski definition) is 2. The van der Waals surface area contributed by atoms with Crippen molar-refractivity contribution in [2.75, 3.05) is 0 Å². The molecule has 1 heterocycles. The van der Waals surface area contributed by atoms with Gasteiger partial charge in [0.1, 0.15) is 11.9 Å². The van der Waals surface area contributed by atoms with Crippen molar-refractivity contribution in [3.05, 3.63) is 63.1 Å². The van der Waals surface area contributed by atoms with Crippen LogP contribution < -0.4 is 4.74 Å². The predicted molar refractivity (Wildman–Crippen MR) is 80.6 cm³/mol. The van der Waals surface area contributed by atoms with Gasteiger partial charge in [-0.15, -0.1) is 0 Å². The van der Waals surface area contributed by atoms with Gasteiger partial charge >= 0.3 is 0 Å². The molecule has 0 spiro atoms. The highest BCUT2D eigenvalue weighted by Crippen LogP contribution is 2.41. The van der Waals surface area contributed by atoms with Crippen LogP contribution in [-0.2, 0) is 0 Å². The molecule has 2 nitrogen and oxygen atoms in total. The number of aliphatic hydroxyl groups is 1. The molecule has 20 heavy (non-hydrogen) atoms. The van der Waals surface area contributed by atoms with Crippen LogP contribution in [0.2, 0.25) is 10.0 Å². The van der Waals surface area contributed by atoms with Gasteiger partial charge in [-0.2, -0.15) is 0 Å². The minimum absolute atomic E-state index is 0.239. The van der Waals surface area contributed by atoms with Crippen molar-refractivity contribution in [3.63, 3.8) is 0 Å². The average Bonchev–Trinajstić information content (AvgIpc) is 2.38. The number of aliphatic hydroxyl groups excluding tert-OH is 1. The normalized spacial score (nSPS) is 21.2. The molecule has 0 aliphatic carbocycles. The van der Waals surface area contributed by atoms with Gasteiger partial charge in [0.05, 0.1) is 6.10 Å². The summed E-state index contributed by atoms with van der Waals surface area (Å²) in [7, 11) is 0. The van der Waals surface area contributed by atoms with Gasteiger partial charge in [0.25, 0.3) is 0 Å². The molecule has 0 saturated carbocycles. The molecule has 2 aromatic rings. The number of fused-ring (bicyclic) bond motifs is 1. The van der Waals surface area contributed by atoms with E-state index in [2.05, 4.69) is 0 Å². The highest BCUT2D eigenvalue weighted by Gasteiger charge is 2.28. The van der Waals surface area contributed by atoms with Gasteiger partial charge < -0.3 is 9.84 Å². The highest BCUT2D eigenvalue weighted by atomic mass is 35.5. The third-order valence-electron chi connectivity index (χ3n) is 3.49. The summed E-state index contributed by atoms with van der Waals surface area (Å²) in [5, 5.41) is 11.4. The number of ether oxygens (including phenoxy) is 1. The zero-order chi connectivity index (χ0) is 14.3. The number of rotatable bonds is 1. The molecule has 0 bridgehead atoms. The summed E-state index contributed by atoms with van der Waals surface area (Å²) in [6.07, 6.45) is -0.287. The molecule has 4 heteroatoms. The van der Waals surface area contributed by atoms with Crippen molar-refractivity contribution < 1.29 is 9.84 Å². The van der Waals surface area contributed by atoms with E-state index in [0.717, 1.165) is 22.4 Å². The van der Waals surface area contributed by atoms with E-state index >= 15 is 0 Å². The van der Waals surface area contributed by atoms with Gasteiger partial charge in [0.15, 0.2) is 0 Å². The Morgan fingerprint density at radius 1 is 1.10 bits per heavy atom. The summed E-state index contributed by atoms with van der Waals surface area (Å²) < 4.78 is 5.98. The minimum atomic E-state index is -0.540. The molecule has 0 aromatic heterocycles. The summed E-state index contributed by atoms with van der Waals surface area (Å²) in [4.78, 5) is 0. The fourth-order valence-electron chi connectivity index (χ4n) is 2.53. The molecule has 0 fully saturated rings. The zero-order valence-corrected chi connectivity index (χ0v) is 12.4. The molecular weight excluding hydrogens is 295 g/mol. The lowest BCUT2D eigenvalue weighted by molar-refractivity contribution is 0.0657. The van der Waals surface area contributed by atoms with Crippen LogP contribution in [0.3, 0.4) is 0 Å². The lowest BCUT2D eigenvalue weighted by atomic mass is 9.94. The minimum Gasteiger partial charge on any atom is -0.485 e. The van der Waals surface area contributed by atoms with Crippen LogP contribution in [0.5, 0.6) is 5.75 Å². The van der Waals surface area contributed by atoms with E-state index in [9.17, 15) is 5.11 Å². The summed E-state index contributed by atoms with van der Waals surface area (Å²) in [5.74, 6) is 0.718. The Balaban J connectivity index is 1.96. The smallest absolute Gasteiger partial charge is 0.127 e. The van der Waals surface area contributed by atoms with E-state index < -0.39 is 6.10 Å². The first-order chi connectivity index (χ1) is 9.52. The molecule has 0 amide bonds. The fraction of sp³-hybridized carbons (Fsp3) is 0.250. The quantitative estimate of drug-likeness (QED) is 0.815. The third kappa shape index (κ3) is 2.64. The van der Waals surface area contributed by atoms with Crippen molar-refractivity contribution >= 4 is 23.2 Å². The van der Waals surface area contributed by atoms with E-state index in [-0.39, 0.29) is 6.10 Å². The first-order valence-corrected chi connectivity index (χ1v) is 7.20. The molecule has 2 atom stereocenters. The Labute approximate surface area is 127 Å². The van der Waals surface area contributed by atoms with Gasteiger partial charge in [-0.05, 0) is 42.8 Å². The van der Waals surface area contributed by atoms with Crippen LogP contribution in [0.1, 0.15) is 35.3 Å². The van der Waals surface area contributed by atoms with Gasteiger partial charge in [-0.1, -0.05) is 34.8 Å². The molecule has 3 rings (SSSR count). The first-order valence-electron chi connectivity index (χ1n) is 6.44. The number of hydrogen-bond donors (Lipinski definition) is 1. The van der Waals surface area contributed by atoms with E-state index in [1.165, 1.54) is 0 Å². The topological polar surface area (TPSA) is 29.5 Å². The van der Waals surface area contributed by atoms with Gasteiger partial charge in [0, 0.05) is 22.0 Å². The molecule has 1 unspecified atom stereocenters. The summed E-state index contributed by atoms with van der Waals surface area (Å²) >= 11 is 12.0. The average molecular weight is 309 g/mol. The van der Waals surface area contributed by atoms with Crippen LogP contribution in [0, 0.1) is 6.92 Å². The molecule has 1 aliphatic rings. The van der Waals surface area contributed by atoms with Crippen LogP contribution in [0.25, 0.3) is 0 Å². The molecular formula is C16H14Cl2O2.